The summed E-state index contributed by atoms with van der Waals surface area (Å²) in [5, 5.41) is 12.4. The third-order valence-electron chi connectivity index (χ3n) is 4.97. The third-order valence-corrected chi connectivity index (χ3v) is 5.97. The molecule has 0 aliphatic carbocycles. The maximum atomic E-state index is 12.6. The molecule has 27 heavy (non-hydrogen) atoms. The van der Waals surface area contributed by atoms with E-state index < -0.39 is 0 Å². The van der Waals surface area contributed by atoms with Gasteiger partial charge in [-0.3, -0.25) is 9.59 Å². The first-order valence-corrected chi connectivity index (χ1v) is 9.74. The molecule has 4 rings (SSSR count). The van der Waals surface area contributed by atoms with E-state index in [1.807, 2.05) is 35.2 Å². The topological polar surface area (TPSA) is 89.3 Å². The second-order valence-electron chi connectivity index (χ2n) is 6.75. The van der Waals surface area contributed by atoms with Crippen LogP contribution >= 0.6 is 11.3 Å². The molecule has 2 aliphatic rings. The van der Waals surface area contributed by atoms with E-state index >= 15 is 0 Å². The van der Waals surface area contributed by atoms with Crippen molar-refractivity contribution in [2.75, 3.05) is 25.0 Å². The number of benzene rings is 1. The van der Waals surface area contributed by atoms with Crippen LogP contribution < -0.4 is 5.32 Å². The predicted molar refractivity (Wildman–Crippen MR) is 101 cm³/mol. The van der Waals surface area contributed by atoms with Crippen LogP contribution in [0, 0.1) is 17.4 Å². The summed E-state index contributed by atoms with van der Waals surface area (Å²) in [6.07, 6.45) is 3.45. The third kappa shape index (κ3) is 3.64. The van der Waals surface area contributed by atoms with Crippen molar-refractivity contribution in [3.05, 3.63) is 46.5 Å². The number of carbonyl (C=O) groups excluding carboxylic acids is 2. The van der Waals surface area contributed by atoms with Crippen LogP contribution in [0.2, 0.25) is 0 Å². The van der Waals surface area contributed by atoms with Gasteiger partial charge in [0.25, 0.3) is 5.91 Å². The van der Waals surface area contributed by atoms with E-state index in [1.54, 1.807) is 4.90 Å². The van der Waals surface area contributed by atoms with E-state index in [9.17, 15) is 9.59 Å². The largest absolute Gasteiger partial charge is 0.333 e. The lowest BCUT2D eigenvalue weighted by Crippen LogP contribution is -2.35. The zero-order valence-electron chi connectivity index (χ0n) is 14.7. The molecule has 2 amide bonds. The summed E-state index contributed by atoms with van der Waals surface area (Å²) in [5.74, 6) is -0.249. The van der Waals surface area contributed by atoms with Gasteiger partial charge in [-0.15, -0.1) is 0 Å². The van der Waals surface area contributed by atoms with Gasteiger partial charge in [0.15, 0.2) is 11.3 Å². The summed E-state index contributed by atoms with van der Waals surface area (Å²) in [5.41, 5.74) is 1.64. The highest BCUT2D eigenvalue weighted by Crippen LogP contribution is 2.29. The summed E-state index contributed by atoms with van der Waals surface area (Å²) >= 11 is 1.43. The minimum atomic E-state index is -0.179. The van der Waals surface area contributed by atoms with Crippen molar-refractivity contribution >= 4 is 28.3 Å². The first kappa shape index (κ1) is 17.5. The number of nitrogens with one attached hydrogen (secondary N) is 1. The van der Waals surface area contributed by atoms with Crippen LogP contribution in [0.3, 0.4) is 0 Å². The lowest BCUT2D eigenvalue weighted by molar-refractivity contribution is -0.119. The van der Waals surface area contributed by atoms with E-state index in [-0.39, 0.29) is 17.7 Å². The van der Waals surface area contributed by atoms with Gasteiger partial charge >= 0.3 is 0 Å². The van der Waals surface area contributed by atoms with Crippen molar-refractivity contribution in [3.8, 4) is 6.19 Å². The number of nitriles is 1. The molecule has 8 heteroatoms. The van der Waals surface area contributed by atoms with E-state index in [1.165, 1.54) is 11.3 Å². The van der Waals surface area contributed by atoms with Crippen LogP contribution in [-0.2, 0) is 17.8 Å². The Hall–Kier alpha value is -2.92. The molecule has 2 aromatic rings. The van der Waals surface area contributed by atoms with Gasteiger partial charge < -0.3 is 15.1 Å². The van der Waals surface area contributed by atoms with Crippen molar-refractivity contribution in [1.82, 2.24) is 14.8 Å². The van der Waals surface area contributed by atoms with Crippen LogP contribution in [-0.4, -0.2) is 46.2 Å². The average molecular weight is 381 g/mol. The summed E-state index contributed by atoms with van der Waals surface area (Å²) in [6.45, 7) is 2.23. The Balaban J connectivity index is 1.41. The molecule has 3 heterocycles. The molecule has 2 aliphatic heterocycles. The Morgan fingerprint density at radius 1 is 1.26 bits per heavy atom. The fourth-order valence-corrected chi connectivity index (χ4v) is 4.48. The van der Waals surface area contributed by atoms with Gasteiger partial charge in [0, 0.05) is 36.5 Å². The minimum Gasteiger partial charge on any atom is -0.333 e. The maximum Gasteiger partial charge on any atom is 0.254 e. The van der Waals surface area contributed by atoms with Crippen molar-refractivity contribution in [2.24, 2.45) is 5.92 Å². The number of anilines is 1. The van der Waals surface area contributed by atoms with Crippen molar-refractivity contribution in [3.63, 3.8) is 0 Å². The van der Waals surface area contributed by atoms with Gasteiger partial charge in [0.1, 0.15) is 0 Å². The zero-order chi connectivity index (χ0) is 18.8. The zero-order valence-corrected chi connectivity index (χ0v) is 15.5. The van der Waals surface area contributed by atoms with Crippen LogP contribution in [0.1, 0.15) is 27.3 Å². The molecule has 138 valence electrons. The van der Waals surface area contributed by atoms with Gasteiger partial charge in [-0.1, -0.05) is 29.5 Å². The number of fused-ring (bicyclic) bond motifs is 1. The Kier molecular flexibility index (Phi) is 4.77. The van der Waals surface area contributed by atoms with Crippen LogP contribution in [0.15, 0.2) is 30.3 Å². The highest BCUT2D eigenvalue weighted by atomic mass is 32.1. The smallest absolute Gasteiger partial charge is 0.254 e. The molecule has 7 nitrogen and oxygen atoms in total. The van der Waals surface area contributed by atoms with Crippen molar-refractivity contribution < 1.29 is 9.59 Å². The number of aromatic nitrogens is 1. The number of amides is 2. The fourth-order valence-electron chi connectivity index (χ4n) is 3.46. The molecule has 0 saturated carbocycles. The fraction of sp³-hybridized carbons (Fsp3) is 0.368. The number of thiazole rings is 1. The molecule has 1 aromatic heterocycles. The van der Waals surface area contributed by atoms with E-state index in [0.717, 1.165) is 10.6 Å². The highest BCUT2D eigenvalue weighted by Gasteiger charge is 2.29. The van der Waals surface area contributed by atoms with E-state index in [2.05, 4.69) is 16.5 Å². The van der Waals surface area contributed by atoms with Gasteiger partial charge in [-0.05, 0) is 18.6 Å². The molecule has 1 saturated heterocycles. The number of nitrogens with zero attached hydrogens (tertiary/aromatic N) is 4. The second kappa shape index (κ2) is 7.37. The van der Waals surface area contributed by atoms with Crippen LogP contribution in [0.4, 0.5) is 5.13 Å². The normalized spacial score (nSPS) is 18.7. The number of carbonyl (C=O) groups is 2. The molecule has 1 unspecified atom stereocenters. The average Bonchev–Trinajstić information content (AvgIpc) is 3.33. The summed E-state index contributed by atoms with van der Waals surface area (Å²) in [4.78, 5) is 34.0. The first-order chi connectivity index (χ1) is 13.1. The van der Waals surface area contributed by atoms with E-state index in [0.29, 0.717) is 49.7 Å². The standard InChI is InChI=1S/C19H19N5O2S/c20-12-23-8-6-14(10-23)17(25)22-19-21-15-7-9-24(11-16(15)27-19)18(26)13-4-2-1-3-5-13/h1-5,14H,6-11H2,(H,21,22,25). The molecular weight excluding hydrogens is 362 g/mol. The molecule has 1 aromatic carbocycles. The number of hydrogen-bond donors (Lipinski definition) is 1. The number of likely N-dealkylation sites (tertiary alicyclic amines) is 1. The number of rotatable bonds is 3. The van der Waals surface area contributed by atoms with Crippen LogP contribution in [0.25, 0.3) is 0 Å². The lowest BCUT2D eigenvalue weighted by Gasteiger charge is -2.26. The maximum absolute atomic E-state index is 12.6. The Morgan fingerprint density at radius 3 is 2.81 bits per heavy atom. The molecule has 0 spiro atoms. The monoisotopic (exact) mass is 381 g/mol. The summed E-state index contributed by atoms with van der Waals surface area (Å²) < 4.78 is 0. The SMILES string of the molecule is N#CN1CCC(C(=O)Nc2nc3c(s2)CN(C(=O)c2ccccc2)CC3)C1. The lowest BCUT2D eigenvalue weighted by atomic mass is 10.1. The Labute approximate surface area is 161 Å². The molecule has 1 atom stereocenters. The summed E-state index contributed by atoms with van der Waals surface area (Å²) in [7, 11) is 0. The minimum absolute atomic E-state index is 0.0165. The molecule has 1 fully saturated rings. The predicted octanol–water partition coefficient (Wildman–Crippen LogP) is 2.08. The van der Waals surface area contributed by atoms with Gasteiger partial charge in [0.05, 0.1) is 18.2 Å². The molecule has 0 bridgehead atoms. The molecular formula is C19H19N5O2S. The van der Waals surface area contributed by atoms with Gasteiger partial charge in [-0.25, -0.2) is 4.98 Å². The molecule has 1 N–H and O–H groups in total. The highest BCUT2D eigenvalue weighted by molar-refractivity contribution is 7.15. The first-order valence-electron chi connectivity index (χ1n) is 8.92. The van der Waals surface area contributed by atoms with E-state index in [4.69, 9.17) is 5.26 Å². The van der Waals surface area contributed by atoms with Gasteiger partial charge in [0.2, 0.25) is 5.91 Å². The number of hydrogen-bond acceptors (Lipinski definition) is 6. The quantitative estimate of drug-likeness (QED) is 0.823. The molecule has 0 radical (unpaired) electrons. The van der Waals surface area contributed by atoms with Crippen molar-refractivity contribution in [2.45, 2.75) is 19.4 Å². The Bertz CT molecular complexity index is 905. The van der Waals surface area contributed by atoms with Gasteiger partial charge in [-0.2, -0.15) is 5.26 Å². The van der Waals surface area contributed by atoms with Crippen molar-refractivity contribution in [1.29, 1.82) is 5.26 Å². The Morgan fingerprint density at radius 2 is 2.07 bits per heavy atom. The second-order valence-corrected chi connectivity index (χ2v) is 7.84. The summed E-state index contributed by atoms with van der Waals surface area (Å²) in [6, 6.07) is 9.26. The van der Waals surface area contributed by atoms with Crippen LogP contribution in [0.5, 0.6) is 0 Å².